The van der Waals surface area contributed by atoms with Gasteiger partial charge in [-0.05, 0) is 19.4 Å². The van der Waals surface area contributed by atoms with Crippen LogP contribution in [0.3, 0.4) is 0 Å². The van der Waals surface area contributed by atoms with E-state index in [0.29, 0.717) is 26.4 Å². The molecule has 0 heterocycles. The molecule has 0 aliphatic carbocycles. The second-order valence-electron chi connectivity index (χ2n) is 4.45. The van der Waals surface area contributed by atoms with E-state index in [9.17, 15) is 9.90 Å². The number of carbonyl (C=O) groups excluding carboxylic acids is 1. The maximum absolute atomic E-state index is 11.2. The predicted molar refractivity (Wildman–Crippen MR) is 78.0 cm³/mol. The van der Waals surface area contributed by atoms with Crippen molar-refractivity contribution in [3.63, 3.8) is 0 Å². The first kappa shape index (κ1) is 20.3. The van der Waals surface area contributed by atoms with Crippen molar-refractivity contribution in [3.05, 3.63) is 0 Å². The monoisotopic (exact) mass is 307 g/mol. The fourth-order valence-electron chi connectivity index (χ4n) is 1.36. The third kappa shape index (κ3) is 14.0. The number of hydrogen-bond acceptors (Lipinski definition) is 7. The van der Waals surface area contributed by atoms with Gasteiger partial charge >= 0.3 is 5.97 Å². The molecular weight excluding hydrogens is 278 g/mol. The van der Waals surface area contributed by atoms with Gasteiger partial charge in [0.05, 0.1) is 33.0 Å². The van der Waals surface area contributed by atoms with Gasteiger partial charge in [0, 0.05) is 6.61 Å². The smallest absolute Gasteiger partial charge is 0.335 e. The Hall–Kier alpha value is -0.730. The van der Waals surface area contributed by atoms with Crippen molar-refractivity contribution in [1.82, 2.24) is 0 Å². The van der Waals surface area contributed by atoms with E-state index in [1.165, 1.54) is 0 Å². The van der Waals surface area contributed by atoms with E-state index in [-0.39, 0.29) is 26.2 Å². The Morgan fingerprint density at radius 1 is 1.00 bits per heavy atom. The van der Waals surface area contributed by atoms with Crippen LogP contribution in [-0.4, -0.2) is 70.0 Å². The van der Waals surface area contributed by atoms with Gasteiger partial charge in [0.15, 0.2) is 6.10 Å². The number of ether oxygens (including phenoxy) is 4. The topological polar surface area (TPSA) is 100 Å². The molecule has 21 heavy (non-hydrogen) atoms. The minimum absolute atomic E-state index is 0.112. The summed E-state index contributed by atoms with van der Waals surface area (Å²) in [5.41, 5.74) is 5.22. The molecule has 0 bridgehead atoms. The van der Waals surface area contributed by atoms with Crippen LogP contribution in [0.5, 0.6) is 0 Å². The number of esters is 1. The summed E-state index contributed by atoms with van der Waals surface area (Å²) < 4.78 is 20.7. The van der Waals surface area contributed by atoms with Gasteiger partial charge in [-0.3, -0.25) is 0 Å². The number of nitrogens with two attached hydrogens (primary N) is 1. The molecule has 0 fully saturated rings. The van der Waals surface area contributed by atoms with Gasteiger partial charge in [-0.1, -0.05) is 13.3 Å². The summed E-state index contributed by atoms with van der Waals surface area (Å²) in [5.74, 6) is -0.662. The Bertz CT molecular complexity index is 240. The van der Waals surface area contributed by atoms with E-state index in [2.05, 4.69) is 6.92 Å². The van der Waals surface area contributed by atoms with E-state index in [0.717, 1.165) is 19.4 Å². The van der Waals surface area contributed by atoms with Gasteiger partial charge in [-0.25, -0.2) is 4.79 Å². The molecular formula is C14H29NO6. The quantitative estimate of drug-likeness (QED) is 0.326. The average molecular weight is 307 g/mol. The maximum Gasteiger partial charge on any atom is 0.335 e. The van der Waals surface area contributed by atoms with Gasteiger partial charge in [0.1, 0.15) is 6.61 Å². The van der Waals surface area contributed by atoms with Crippen LogP contribution in [0.25, 0.3) is 0 Å². The van der Waals surface area contributed by atoms with E-state index in [1.807, 2.05) is 0 Å². The second-order valence-corrected chi connectivity index (χ2v) is 4.45. The van der Waals surface area contributed by atoms with Gasteiger partial charge < -0.3 is 29.8 Å². The molecule has 0 aliphatic rings. The van der Waals surface area contributed by atoms with Gasteiger partial charge in [0.25, 0.3) is 0 Å². The van der Waals surface area contributed by atoms with E-state index in [4.69, 9.17) is 24.7 Å². The molecule has 0 amide bonds. The highest BCUT2D eigenvalue weighted by Gasteiger charge is 2.14. The lowest BCUT2D eigenvalue weighted by Crippen LogP contribution is -2.27. The van der Waals surface area contributed by atoms with Crippen molar-refractivity contribution in [2.75, 3.05) is 52.8 Å². The molecule has 0 saturated carbocycles. The summed E-state index contributed by atoms with van der Waals surface area (Å²) in [7, 11) is 0. The van der Waals surface area contributed by atoms with E-state index in [1.54, 1.807) is 0 Å². The molecule has 3 N–H and O–H groups in total. The Balaban J connectivity index is 3.17. The van der Waals surface area contributed by atoms with Crippen molar-refractivity contribution < 1.29 is 28.8 Å². The van der Waals surface area contributed by atoms with E-state index >= 15 is 0 Å². The van der Waals surface area contributed by atoms with Crippen molar-refractivity contribution in [3.8, 4) is 0 Å². The summed E-state index contributed by atoms with van der Waals surface area (Å²) >= 11 is 0. The van der Waals surface area contributed by atoms with Gasteiger partial charge in [0.2, 0.25) is 0 Å². The lowest BCUT2D eigenvalue weighted by atomic mass is 10.2. The zero-order chi connectivity index (χ0) is 15.8. The third-order valence-electron chi connectivity index (χ3n) is 2.57. The highest BCUT2D eigenvalue weighted by atomic mass is 16.6. The first-order chi connectivity index (χ1) is 10.2. The number of aliphatic hydroxyl groups excluding tert-OH is 1. The second kappa shape index (κ2) is 15.7. The first-order valence-corrected chi connectivity index (χ1v) is 7.50. The molecule has 0 aliphatic heterocycles. The molecule has 1 atom stereocenters. The molecule has 0 aromatic carbocycles. The van der Waals surface area contributed by atoms with Crippen LogP contribution < -0.4 is 5.73 Å². The lowest BCUT2D eigenvalue weighted by molar-refractivity contribution is -0.155. The van der Waals surface area contributed by atoms with Crippen molar-refractivity contribution in [2.45, 2.75) is 32.3 Å². The molecule has 0 radical (unpaired) electrons. The summed E-state index contributed by atoms with van der Waals surface area (Å²) in [6.07, 6.45) is 1.25. The van der Waals surface area contributed by atoms with Crippen LogP contribution in [0.15, 0.2) is 0 Å². The van der Waals surface area contributed by atoms with Crippen molar-refractivity contribution in [2.24, 2.45) is 5.73 Å². The summed E-state index contributed by atoms with van der Waals surface area (Å²) in [4.78, 5) is 11.2. The van der Waals surface area contributed by atoms with Gasteiger partial charge in [-0.15, -0.1) is 0 Å². The lowest BCUT2D eigenvalue weighted by Gasteiger charge is -2.10. The fraction of sp³-hybridized carbons (Fsp3) is 0.929. The number of hydrogen-bond donors (Lipinski definition) is 2. The summed E-state index contributed by atoms with van der Waals surface area (Å²) in [5, 5.41) is 9.27. The molecule has 0 aromatic rings. The van der Waals surface area contributed by atoms with Crippen LogP contribution in [-0.2, 0) is 23.7 Å². The molecule has 0 saturated heterocycles. The maximum atomic E-state index is 11.2. The van der Waals surface area contributed by atoms with Crippen LogP contribution in [0.4, 0.5) is 0 Å². The first-order valence-electron chi connectivity index (χ1n) is 7.50. The number of aliphatic hydroxyl groups is 1. The minimum Gasteiger partial charge on any atom is -0.461 e. The van der Waals surface area contributed by atoms with Gasteiger partial charge in [-0.2, -0.15) is 0 Å². The number of carbonyl (C=O) groups is 1. The Morgan fingerprint density at radius 3 is 2.05 bits per heavy atom. The average Bonchev–Trinajstić information content (AvgIpc) is 2.48. The SMILES string of the molecule is CCCCOCCOCCOCCOC(=O)[C@@H](O)CCN. The molecule has 0 rings (SSSR count). The zero-order valence-corrected chi connectivity index (χ0v) is 12.9. The molecule has 7 heteroatoms. The summed E-state index contributed by atoms with van der Waals surface area (Å²) in [6.45, 7) is 5.57. The van der Waals surface area contributed by atoms with Crippen LogP contribution in [0, 0.1) is 0 Å². The molecule has 0 unspecified atom stereocenters. The Morgan fingerprint density at radius 2 is 1.52 bits per heavy atom. The zero-order valence-electron chi connectivity index (χ0n) is 12.9. The standard InChI is InChI=1S/C14H29NO6/c1-2-3-6-18-7-8-19-9-10-20-11-12-21-14(17)13(16)4-5-15/h13,16H,2-12,15H2,1H3/t13-/m0/s1. The highest BCUT2D eigenvalue weighted by molar-refractivity contribution is 5.74. The largest absolute Gasteiger partial charge is 0.461 e. The Kier molecular flexibility index (Phi) is 15.1. The number of rotatable bonds is 15. The normalized spacial score (nSPS) is 12.3. The van der Waals surface area contributed by atoms with E-state index < -0.39 is 12.1 Å². The minimum atomic E-state index is -1.15. The fourth-order valence-corrected chi connectivity index (χ4v) is 1.36. The van der Waals surface area contributed by atoms with Crippen LogP contribution in [0.1, 0.15) is 26.2 Å². The molecule has 126 valence electrons. The third-order valence-corrected chi connectivity index (χ3v) is 2.57. The summed E-state index contributed by atoms with van der Waals surface area (Å²) in [6, 6.07) is 0. The molecule has 7 nitrogen and oxygen atoms in total. The van der Waals surface area contributed by atoms with Crippen LogP contribution >= 0.6 is 0 Å². The number of unbranched alkanes of at least 4 members (excludes halogenated alkanes) is 1. The molecule has 0 aromatic heterocycles. The van der Waals surface area contributed by atoms with Crippen LogP contribution in [0.2, 0.25) is 0 Å². The Labute approximate surface area is 126 Å². The predicted octanol–water partition coefficient (Wildman–Crippen LogP) is 0.0892. The molecule has 0 spiro atoms. The highest BCUT2D eigenvalue weighted by Crippen LogP contribution is 1.93. The van der Waals surface area contributed by atoms with Crippen molar-refractivity contribution >= 4 is 5.97 Å². The van der Waals surface area contributed by atoms with Crippen molar-refractivity contribution in [1.29, 1.82) is 0 Å².